The van der Waals surface area contributed by atoms with Gasteiger partial charge in [-0.05, 0) is 98.7 Å². The Morgan fingerprint density at radius 1 is 0.972 bits per heavy atom. The maximum absolute atomic E-state index is 11.9. The number of thiocarbonyl (C=S) groups is 1. The Morgan fingerprint density at radius 2 is 1.75 bits per heavy atom. The van der Waals surface area contributed by atoms with Gasteiger partial charge in [0.15, 0.2) is 5.11 Å². The number of esters is 1. The molecule has 1 aliphatic rings. The van der Waals surface area contributed by atoms with Crippen molar-refractivity contribution in [1.29, 1.82) is 0 Å². The molecule has 6 nitrogen and oxygen atoms in total. The summed E-state index contributed by atoms with van der Waals surface area (Å²) in [6, 6.07) is 23.9. The molecular weight excluding hydrogens is 468 g/mol. The van der Waals surface area contributed by atoms with Gasteiger partial charge in [0, 0.05) is 29.0 Å². The highest BCUT2D eigenvalue weighted by molar-refractivity contribution is 7.80. The monoisotopic (exact) mass is 496 g/mol. The molecule has 2 atom stereocenters. The molecule has 0 saturated carbocycles. The Balaban J connectivity index is 1.63. The van der Waals surface area contributed by atoms with E-state index < -0.39 is 0 Å². The Bertz CT molecular complexity index is 1430. The van der Waals surface area contributed by atoms with E-state index in [9.17, 15) is 4.79 Å². The number of carbonyl (C=O) groups excluding carboxylic acids is 1. The molecule has 0 amide bonds. The number of rotatable bonds is 5. The minimum absolute atomic E-state index is 0.0940. The summed E-state index contributed by atoms with van der Waals surface area (Å²) >= 11 is 5.88. The molecule has 4 aromatic rings. The second-order valence-electron chi connectivity index (χ2n) is 9.04. The molecule has 7 heteroatoms. The van der Waals surface area contributed by atoms with Crippen molar-refractivity contribution >= 4 is 29.0 Å². The highest BCUT2D eigenvalue weighted by Gasteiger charge is 2.42. The van der Waals surface area contributed by atoms with E-state index in [4.69, 9.17) is 17.0 Å². The fourth-order valence-electron chi connectivity index (χ4n) is 5.08. The molecule has 0 bridgehead atoms. The molecule has 0 radical (unpaired) electrons. The molecular formula is C29H28N4O2S. The van der Waals surface area contributed by atoms with Crippen molar-refractivity contribution in [3.63, 3.8) is 0 Å². The molecule has 2 aromatic heterocycles. The summed E-state index contributed by atoms with van der Waals surface area (Å²) in [6.45, 7) is 6.31. The third-order valence-corrected chi connectivity index (χ3v) is 7.03. The van der Waals surface area contributed by atoms with Crippen LogP contribution >= 0.6 is 12.2 Å². The number of methoxy groups -OCH3 is 1. The van der Waals surface area contributed by atoms with Crippen LogP contribution in [0.25, 0.3) is 5.69 Å². The Hall–Kier alpha value is -3.97. The Morgan fingerprint density at radius 3 is 2.42 bits per heavy atom. The number of aromatic nitrogens is 2. The Labute approximate surface area is 216 Å². The average Bonchev–Trinajstić information content (AvgIpc) is 3.39. The molecule has 0 aliphatic carbocycles. The topological polar surface area (TPSA) is 59.4 Å². The zero-order chi connectivity index (χ0) is 25.4. The first-order valence-corrected chi connectivity index (χ1v) is 12.2. The van der Waals surface area contributed by atoms with Crippen molar-refractivity contribution in [3.8, 4) is 5.69 Å². The summed E-state index contributed by atoms with van der Waals surface area (Å²) in [7, 11) is 1.39. The van der Waals surface area contributed by atoms with E-state index in [1.807, 2.05) is 36.5 Å². The molecule has 2 unspecified atom stereocenters. The van der Waals surface area contributed by atoms with E-state index in [1.165, 1.54) is 12.7 Å². The first-order valence-electron chi connectivity index (χ1n) is 11.8. The molecule has 2 aromatic carbocycles. The van der Waals surface area contributed by atoms with Crippen LogP contribution < -0.4 is 10.2 Å². The van der Waals surface area contributed by atoms with Gasteiger partial charge >= 0.3 is 5.97 Å². The van der Waals surface area contributed by atoms with Crippen LogP contribution in [-0.2, 0) is 4.74 Å². The highest BCUT2D eigenvalue weighted by atomic mass is 32.1. The van der Waals surface area contributed by atoms with Crippen LogP contribution in [0, 0.1) is 20.8 Å². The maximum atomic E-state index is 11.9. The SMILES string of the molecule is COC(=O)c1ccc(-n2c(C)cc(C3C(c4ccccn4)NC(=S)N3c3cccc(C)c3)c2C)cc1. The normalized spacial score (nSPS) is 17.2. The van der Waals surface area contributed by atoms with Crippen LogP contribution in [-0.4, -0.2) is 27.7 Å². The van der Waals surface area contributed by atoms with Gasteiger partial charge in [-0.25, -0.2) is 4.79 Å². The smallest absolute Gasteiger partial charge is 0.337 e. The summed E-state index contributed by atoms with van der Waals surface area (Å²) in [5.41, 5.74) is 8.02. The van der Waals surface area contributed by atoms with Crippen molar-refractivity contribution in [2.75, 3.05) is 12.0 Å². The molecule has 36 heavy (non-hydrogen) atoms. The highest BCUT2D eigenvalue weighted by Crippen LogP contribution is 2.43. The summed E-state index contributed by atoms with van der Waals surface area (Å²) in [4.78, 5) is 18.8. The van der Waals surface area contributed by atoms with Crippen LogP contribution in [0.15, 0.2) is 79.0 Å². The van der Waals surface area contributed by atoms with E-state index >= 15 is 0 Å². The first kappa shape index (κ1) is 23.8. The predicted octanol–water partition coefficient (Wildman–Crippen LogP) is 5.76. The molecule has 182 valence electrons. The van der Waals surface area contributed by atoms with E-state index in [0.29, 0.717) is 10.7 Å². The van der Waals surface area contributed by atoms with Gasteiger partial charge in [-0.2, -0.15) is 0 Å². The molecule has 5 rings (SSSR count). The molecule has 0 spiro atoms. The zero-order valence-electron chi connectivity index (χ0n) is 20.7. The van der Waals surface area contributed by atoms with E-state index in [0.717, 1.165) is 34.0 Å². The number of benzene rings is 2. The predicted molar refractivity (Wildman–Crippen MR) is 146 cm³/mol. The lowest BCUT2D eigenvalue weighted by Crippen LogP contribution is -2.29. The number of carbonyl (C=O) groups is 1. The number of aryl methyl sites for hydroxylation is 2. The molecule has 1 fully saturated rings. The molecule has 1 aliphatic heterocycles. The van der Waals surface area contributed by atoms with Crippen molar-refractivity contribution in [2.24, 2.45) is 0 Å². The van der Waals surface area contributed by atoms with Gasteiger partial charge in [0.05, 0.1) is 30.5 Å². The minimum atomic E-state index is -0.347. The van der Waals surface area contributed by atoms with Crippen LogP contribution in [0.1, 0.15) is 50.7 Å². The number of hydrogen-bond acceptors (Lipinski definition) is 4. The van der Waals surface area contributed by atoms with Crippen molar-refractivity contribution in [3.05, 3.63) is 113 Å². The summed E-state index contributed by atoms with van der Waals surface area (Å²) in [5.74, 6) is -0.347. The number of ether oxygens (including phenoxy) is 1. The molecule has 1 saturated heterocycles. The molecule has 1 N–H and O–H groups in total. The second-order valence-corrected chi connectivity index (χ2v) is 9.42. The number of pyridine rings is 1. The fourth-order valence-corrected chi connectivity index (χ4v) is 5.42. The number of nitrogens with zero attached hydrogens (tertiary/aromatic N) is 3. The van der Waals surface area contributed by atoms with Crippen LogP contribution in [0.2, 0.25) is 0 Å². The van der Waals surface area contributed by atoms with Crippen LogP contribution in [0.5, 0.6) is 0 Å². The van der Waals surface area contributed by atoms with E-state index in [2.05, 4.69) is 70.9 Å². The van der Waals surface area contributed by atoms with Crippen LogP contribution in [0.4, 0.5) is 5.69 Å². The zero-order valence-corrected chi connectivity index (χ0v) is 21.5. The van der Waals surface area contributed by atoms with Gasteiger partial charge in [0.25, 0.3) is 0 Å². The Kier molecular flexibility index (Phi) is 6.33. The second kappa shape index (κ2) is 9.59. The third kappa shape index (κ3) is 4.16. The third-order valence-electron chi connectivity index (χ3n) is 6.71. The number of anilines is 1. The van der Waals surface area contributed by atoms with Gasteiger partial charge in [-0.1, -0.05) is 18.2 Å². The van der Waals surface area contributed by atoms with Crippen molar-refractivity contribution < 1.29 is 9.53 Å². The van der Waals surface area contributed by atoms with Gasteiger partial charge in [0.2, 0.25) is 0 Å². The first-order chi connectivity index (χ1) is 17.4. The lowest BCUT2D eigenvalue weighted by molar-refractivity contribution is 0.0600. The van der Waals surface area contributed by atoms with Gasteiger partial charge in [-0.15, -0.1) is 0 Å². The lowest BCUT2D eigenvalue weighted by atomic mass is 9.96. The number of hydrogen-bond donors (Lipinski definition) is 1. The summed E-state index contributed by atoms with van der Waals surface area (Å²) in [5, 5.41) is 4.22. The fraction of sp³-hybridized carbons (Fsp3) is 0.207. The number of nitrogens with one attached hydrogen (secondary N) is 1. The summed E-state index contributed by atoms with van der Waals surface area (Å²) < 4.78 is 7.06. The van der Waals surface area contributed by atoms with Crippen LogP contribution in [0.3, 0.4) is 0 Å². The largest absolute Gasteiger partial charge is 0.465 e. The lowest BCUT2D eigenvalue weighted by Gasteiger charge is -2.28. The molecule has 3 heterocycles. The van der Waals surface area contributed by atoms with Gasteiger partial charge < -0.3 is 19.5 Å². The van der Waals surface area contributed by atoms with Crippen molar-refractivity contribution in [1.82, 2.24) is 14.9 Å². The van der Waals surface area contributed by atoms with Gasteiger partial charge in [-0.3, -0.25) is 4.98 Å². The standard InChI is InChI=1S/C29H28N4O2S/c1-18-8-7-9-23(16-18)33-27(26(31-29(33)36)25-10-5-6-15-30-25)24-17-19(2)32(20(24)3)22-13-11-21(12-14-22)28(34)35-4/h5-17,26-27H,1-4H3,(H,31,36). The quantitative estimate of drug-likeness (QED) is 0.280. The van der Waals surface area contributed by atoms with Crippen molar-refractivity contribution in [2.45, 2.75) is 32.9 Å². The minimum Gasteiger partial charge on any atom is -0.465 e. The summed E-state index contributed by atoms with van der Waals surface area (Å²) in [6.07, 6.45) is 1.82. The van der Waals surface area contributed by atoms with E-state index in [1.54, 1.807) is 12.1 Å². The maximum Gasteiger partial charge on any atom is 0.337 e. The van der Waals surface area contributed by atoms with E-state index in [-0.39, 0.29) is 18.1 Å². The van der Waals surface area contributed by atoms with Gasteiger partial charge in [0.1, 0.15) is 0 Å². The average molecular weight is 497 g/mol.